The molecule has 1 heterocycles. The van der Waals surface area contributed by atoms with Crippen molar-refractivity contribution in [3.05, 3.63) is 21.6 Å². The van der Waals surface area contributed by atoms with Crippen LogP contribution in [0.2, 0.25) is 5.02 Å². The van der Waals surface area contributed by atoms with E-state index in [2.05, 4.69) is 50.4 Å². The molecule has 0 radical (unpaired) electrons. The molecule has 0 aliphatic heterocycles. The fourth-order valence-electron chi connectivity index (χ4n) is 3.95. The molecule has 1 fully saturated rings. The second-order valence-corrected chi connectivity index (χ2v) is 10.2. The van der Waals surface area contributed by atoms with E-state index >= 15 is 0 Å². The maximum absolute atomic E-state index is 12.6. The van der Waals surface area contributed by atoms with Crippen LogP contribution in [0.3, 0.4) is 0 Å². The van der Waals surface area contributed by atoms with Crippen molar-refractivity contribution in [3.8, 4) is 0 Å². The summed E-state index contributed by atoms with van der Waals surface area (Å²) in [5.41, 5.74) is -0.792. The van der Waals surface area contributed by atoms with Gasteiger partial charge in [-0.2, -0.15) is 5.10 Å². The van der Waals surface area contributed by atoms with Gasteiger partial charge >= 0.3 is 0 Å². The van der Waals surface area contributed by atoms with Crippen LogP contribution >= 0.6 is 11.6 Å². The second-order valence-electron chi connectivity index (χ2n) is 9.78. The van der Waals surface area contributed by atoms with Gasteiger partial charge in [-0.05, 0) is 43.4 Å². The molecule has 0 saturated heterocycles. The van der Waals surface area contributed by atoms with Gasteiger partial charge in [0.15, 0.2) is 0 Å². The number of anilines is 1. The molecule has 29 heavy (non-hydrogen) atoms. The lowest BCUT2D eigenvalue weighted by Gasteiger charge is -2.50. The highest BCUT2D eigenvalue weighted by Crippen LogP contribution is 2.48. The lowest BCUT2D eigenvalue weighted by atomic mass is 9.58. The van der Waals surface area contributed by atoms with Gasteiger partial charge in [-0.1, -0.05) is 46.2 Å². The highest BCUT2D eigenvalue weighted by atomic mass is 35.5. The third kappa shape index (κ3) is 5.51. The van der Waals surface area contributed by atoms with Crippen LogP contribution in [0, 0.1) is 23.2 Å². The van der Waals surface area contributed by atoms with Gasteiger partial charge in [-0.15, -0.1) is 0 Å². The number of carbonyl (C=O) groups is 1. The molecular formula is C21H35ClN4O3. The molecule has 1 amide bonds. The second kappa shape index (κ2) is 8.64. The first kappa shape index (κ1) is 23.7. The standard InChI is InChI=1S/C21H35ClN4O3/c1-12-8-15(13(2)14(3)21(12,6)7)25-16-9-24-26(19(28)18(16)22)10-17(27)23-11-20(4,5)29/h9,12-15,25,29H,8,10-11H2,1-7H3,(H,23,27)/t12-,13+,14+,15+/m0/s1. The number of nitrogens with one attached hydrogen (secondary N) is 2. The van der Waals surface area contributed by atoms with E-state index in [0.717, 1.165) is 11.1 Å². The van der Waals surface area contributed by atoms with Crippen molar-refractivity contribution in [1.82, 2.24) is 15.1 Å². The van der Waals surface area contributed by atoms with Gasteiger partial charge < -0.3 is 15.7 Å². The van der Waals surface area contributed by atoms with E-state index in [1.165, 1.54) is 6.20 Å². The first-order valence-corrected chi connectivity index (χ1v) is 10.6. The Kier molecular flexibility index (Phi) is 7.05. The number of rotatable bonds is 6. The third-order valence-electron chi connectivity index (χ3n) is 6.81. The van der Waals surface area contributed by atoms with E-state index in [1.54, 1.807) is 13.8 Å². The van der Waals surface area contributed by atoms with Crippen LogP contribution in [-0.2, 0) is 11.3 Å². The Morgan fingerprint density at radius 3 is 2.59 bits per heavy atom. The van der Waals surface area contributed by atoms with Gasteiger partial charge in [0.05, 0.1) is 17.5 Å². The minimum Gasteiger partial charge on any atom is -0.389 e. The summed E-state index contributed by atoms with van der Waals surface area (Å²) in [5.74, 6) is 1.03. The summed E-state index contributed by atoms with van der Waals surface area (Å²) in [7, 11) is 0. The highest BCUT2D eigenvalue weighted by Gasteiger charge is 2.43. The van der Waals surface area contributed by atoms with E-state index in [9.17, 15) is 14.7 Å². The van der Waals surface area contributed by atoms with Crippen LogP contribution in [0.15, 0.2) is 11.0 Å². The SMILES string of the molecule is C[C@@H]1[C@@H](C)C(C)(C)[C@@H](C)C[C@H]1Nc1cnn(CC(=O)NCC(C)(C)O)c(=O)c1Cl. The van der Waals surface area contributed by atoms with Gasteiger partial charge in [0.25, 0.3) is 5.56 Å². The largest absolute Gasteiger partial charge is 0.389 e. The summed E-state index contributed by atoms with van der Waals surface area (Å²) in [6.45, 7) is 14.4. The number of amides is 1. The quantitative estimate of drug-likeness (QED) is 0.649. The molecule has 1 saturated carbocycles. The molecule has 7 nitrogen and oxygen atoms in total. The minimum atomic E-state index is -1.03. The lowest BCUT2D eigenvalue weighted by molar-refractivity contribution is -0.122. The molecule has 164 valence electrons. The molecule has 1 aromatic heterocycles. The average molecular weight is 427 g/mol. The molecule has 1 aliphatic carbocycles. The predicted octanol–water partition coefficient (Wildman–Crippen LogP) is 2.90. The van der Waals surface area contributed by atoms with Crippen LogP contribution in [0.4, 0.5) is 5.69 Å². The molecule has 8 heteroatoms. The molecule has 3 N–H and O–H groups in total. The van der Waals surface area contributed by atoms with E-state index < -0.39 is 17.1 Å². The van der Waals surface area contributed by atoms with Gasteiger partial charge in [0.2, 0.25) is 5.91 Å². The number of hydrogen-bond acceptors (Lipinski definition) is 5. The van der Waals surface area contributed by atoms with E-state index in [0.29, 0.717) is 23.4 Å². The number of aromatic nitrogens is 2. The van der Waals surface area contributed by atoms with E-state index in [1.807, 2.05) is 0 Å². The summed E-state index contributed by atoms with van der Waals surface area (Å²) in [4.78, 5) is 24.6. The van der Waals surface area contributed by atoms with Gasteiger partial charge in [-0.25, -0.2) is 4.68 Å². The van der Waals surface area contributed by atoms with Crippen LogP contribution in [0.1, 0.15) is 54.9 Å². The number of nitrogens with zero attached hydrogens (tertiary/aromatic N) is 2. The Hall–Kier alpha value is -1.60. The molecule has 0 spiro atoms. The van der Waals surface area contributed by atoms with Crippen molar-refractivity contribution in [1.29, 1.82) is 0 Å². The van der Waals surface area contributed by atoms with Crippen molar-refractivity contribution >= 4 is 23.2 Å². The first-order chi connectivity index (χ1) is 13.2. The zero-order chi connectivity index (χ0) is 22.1. The predicted molar refractivity (Wildman–Crippen MR) is 116 cm³/mol. The van der Waals surface area contributed by atoms with Crippen molar-refractivity contribution < 1.29 is 9.90 Å². The molecule has 0 unspecified atom stereocenters. The Bertz CT molecular complexity index is 800. The smallest absolute Gasteiger partial charge is 0.288 e. The minimum absolute atomic E-state index is 0.0348. The summed E-state index contributed by atoms with van der Waals surface area (Å²) in [5, 5.41) is 19.8. The maximum Gasteiger partial charge on any atom is 0.288 e. The molecule has 4 atom stereocenters. The van der Waals surface area contributed by atoms with Crippen molar-refractivity contribution in [3.63, 3.8) is 0 Å². The van der Waals surface area contributed by atoms with Gasteiger partial charge in [0.1, 0.15) is 11.6 Å². The monoisotopic (exact) mass is 426 g/mol. The fraction of sp³-hybridized carbons (Fsp3) is 0.762. The van der Waals surface area contributed by atoms with Crippen molar-refractivity contribution in [2.24, 2.45) is 23.2 Å². The Balaban J connectivity index is 2.12. The summed E-state index contributed by atoms with van der Waals surface area (Å²) >= 11 is 6.32. The normalized spacial score (nSPS) is 26.8. The summed E-state index contributed by atoms with van der Waals surface area (Å²) in [6.07, 6.45) is 2.49. The number of halogens is 1. The zero-order valence-corrected chi connectivity index (χ0v) is 19.3. The fourth-order valence-corrected chi connectivity index (χ4v) is 4.15. The topological polar surface area (TPSA) is 96.2 Å². The molecule has 1 aromatic rings. The Morgan fingerprint density at radius 2 is 2.00 bits per heavy atom. The zero-order valence-electron chi connectivity index (χ0n) is 18.5. The molecule has 0 bridgehead atoms. The summed E-state index contributed by atoms with van der Waals surface area (Å²) < 4.78 is 1.03. The summed E-state index contributed by atoms with van der Waals surface area (Å²) in [6, 6.07) is 0.192. The van der Waals surface area contributed by atoms with E-state index in [4.69, 9.17) is 11.6 Å². The van der Waals surface area contributed by atoms with Crippen LogP contribution < -0.4 is 16.2 Å². The van der Waals surface area contributed by atoms with E-state index in [-0.39, 0.29) is 29.6 Å². The van der Waals surface area contributed by atoms with Crippen LogP contribution in [0.25, 0.3) is 0 Å². The number of carbonyl (C=O) groups excluding carboxylic acids is 1. The number of hydrogen-bond donors (Lipinski definition) is 3. The molecular weight excluding hydrogens is 392 g/mol. The molecule has 2 rings (SSSR count). The van der Waals surface area contributed by atoms with Crippen LogP contribution in [-0.4, -0.2) is 39.0 Å². The van der Waals surface area contributed by atoms with Gasteiger partial charge in [-0.3, -0.25) is 9.59 Å². The first-order valence-electron chi connectivity index (χ1n) is 10.2. The highest BCUT2D eigenvalue weighted by molar-refractivity contribution is 6.32. The maximum atomic E-state index is 12.6. The Morgan fingerprint density at radius 1 is 1.38 bits per heavy atom. The third-order valence-corrected chi connectivity index (χ3v) is 7.18. The Labute approximate surface area is 178 Å². The van der Waals surface area contributed by atoms with Crippen molar-refractivity contribution in [2.75, 3.05) is 11.9 Å². The van der Waals surface area contributed by atoms with Gasteiger partial charge in [0, 0.05) is 12.6 Å². The molecule has 0 aromatic carbocycles. The van der Waals surface area contributed by atoms with Crippen LogP contribution in [0.5, 0.6) is 0 Å². The lowest BCUT2D eigenvalue weighted by Crippen LogP contribution is -2.48. The van der Waals surface area contributed by atoms with Crippen molar-refractivity contribution in [2.45, 2.75) is 73.1 Å². The number of aliphatic hydroxyl groups is 1. The molecule has 1 aliphatic rings. The average Bonchev–Trinajstić information content (AvgIpc) is 2.62.